The largest absolute Gasteiger partial charge is 0.508 e. The first-order valence-corrected chi connectivity index (χ1v) is 5.09. The second kappa shape index (κ2) is 3.70. The van der Waals surface area contributed by atoms with E-state index in [0.717, 1.165) is 5.56 Å². The summed E-state index contributed by atoms with van der Waals surface area (Å²) in [5.74, 6) is -0.374. The zero-order valence-electron chi connectivity index (χ0n) is 7.68. The number of aromatic nitrogens is 1. The molecule has 0 aliphatic carbocycles. The average Bonchev–Trinajstić information content (AvgIpc) is 2.66. The van der Waals surface area contributed by atoms with E-state index in [1.165, 1.54) is 11.3 Å². The van der Waals surface area contributed by atoms with Crippen molar-refractivity contribution < 1.29 is 9.90 Å². The molecule has 1 amide bonds. The molecule has 4 nitrogen and oxygen atoms in total. The number of carbonyl (C=O) groups excluding carboxylic acids is 1. The van der Waals surface area contributed by atoms with Gasteiger partial charge in [0.1, 0.15) is 16.5 Å². The van der Waals surface area contributed by atoms with Gasteiger partial charge in [-0.25, -0.2) is 4.98 Å². The molecule has 0 fully saturated rings. The minimum atomic E-state index is -0.544. The molecule has 0 radical (unpaired) electrons. The number of aromatic hydroxyl groups is 1. The summed E-state index contributed by atoms with van der Waals surface area (Å²) in [5, 5.41) is 11.5. The summed E-state index contributed by atoms with van der Waals surface area (Å²) in [4.78, 5) is 14.9. The molecule has 0 spiro atoms. The van der Waals surface area contributed by atoms with Gasteiger partial charge in [0.05, 0.1) is 0 Å². The molecule has 0 saturated carbocycles. The Morgan fingerprint density at radius 3 is 2.87 bits per heavy atom. The fourth-order valence-corrected chi connectivity index (χ4v) is 1.96. The van der Waals surface area contributed by atoms with E-state index in [4.69, 9.17) is 5.73 Å². The molecule has 0 saturated heterocycles. The van der Waals surface area contributed by atoms with Gasteiger partial charge < -0.3 is 10.8 Å². The van der Waals surface area contributed by atoms with Crippen LogP contribution in [0.3, 0.4) is 0 Å². The van der Waals surface area contributed by atoms with Crippen LogP contribution in [0, 0.1) is 0 Å². The molecule has 0 atom stereocenters. The third-order valence-electron chi connectivity index (χ3n) is 1.85. The summed E-state index contributed by atoms with van der Waals surface area (Å²) in [6.45, 7) is 0. The zero-order chi connectivity index (χ0) is 10.8. The SMILES string of the molecule is NC(=O)c1csc(-c2cccc(O)c2)n1. The monoisotopic (exact) mass is 220 g/mol. The van der Waals surface area contributed by atoms with Crippen LogP contribution < -0.4 is 5.73 Å². The number of carbonyl (C=O) groups is 1. The van der Waals surface area contributed by atoms with E-state index in [1.807, 2.05) is 6.07 Å². The van der Waals surface area contributed by atoms with Crippen LogP contribution >= 0.6 is 11.3 Å². The number of thiazole rings is 1. The van der Waals surface area contributed by atoms with Gasteiger partial charge in [0.15, 0.2) is 0 Å². The Hall–Kier alpha value is -1.88. The van der Waals surface area contributed by atoms with E-state index in [2.05, 4.69) is 4.98 Å². The topological polar surface area (TPSA) is 76.2 Å². The van der Waals surface area contributed by atoms with Crippen molar-refractivity contribution in [3.8, 4) is 16.3 Å². The Balaban J connectivity index is 2.41. The number of phenolic OH excluding ortho intramolecular Hbond substituents is 1. The minimum absolute atomic E-state index is 0.170. The lowest BCUT2D eigenvalue weighted by Crippen LogP contribution is -2.10. The van der Waals surface area contributed by atoms with Gasteiger partial charge in [-0.1, -0.05) is 12.1 Å². The first-order valence-electron chi connectivity index (χ1n) is 4.21. The lowest BCUT2D eigenvalue weighted by molar-refractivity contribution is 0.0996. The van der Waals surface area contributed by atoms with Gasteiger partial charge in [0.2, 0.25) is 0 Å². The molecule has 0 aliphatic rings. The van der Waals surface area contributed by atoms with Crippen LogP contribution in [-0.2, 0) is 0 Å². The highest BCUT2D eigenvalue weighted by molar-refractivity contribution is 7.13. The first-order chi connectivity index (χ1) is 7.16. The van der Waals surface area contributed by atoms with Gasteiger partial charge in [-0.3, -0.25) is 4.79 Å². The predicted molar refractivity (Wildman–Crippen MR) is 57.7 cm³/mol. The molecule has 1 aromatic heterocycles. The van der Waals surface area contributed by atoms with Crippen LogP contribution in [0.2, 0.25) is 0 Å². The number of hydrogen-bond acceptors (Lipinski definition) is 4. The van der Waals surface area contributed by atoms with Crippen molar-refractivity contribution in [3.05, 3.63) is 35.3 Å². The van der Waals surface area contributed by atoms with Crippen LogP contribution in [0.1, 0.15) is 10.5 Å². The summed E-state index contributed by atoms with van der Waals surface area (Å²) in [6, 6.07) is 6.69. The van der Waals surface area contributed by atoms with Crippen molar-refractivity contribution in [1.82, 2.24) is 4.98 Å². The number of primary amides is 1. The maximum atomic E-state index is 10.8. The van der Waals surface area contributed by atoms with Crippen molar-refractivity contribution in [3.63, 3.8) is 0 Å². The first kappa shape index (κ1) is 9.67. The number of phenols is 1. The molecule has 2 rings (SSSR count). The van der Waals surface area contributed by atoms with E-state index in [-0.39, 0.29) is 11.4 Å². The number of nitrogens with two attached hydrogens (primary N) is 1. The summed E-state index contributed by atoms with van der Waals surface area (Å²) < 4.78 is 0. The standard InChI is InChI=1S/C10H8N2O2S/c11-9(14)8-5-15-10(12-8)6-2-1-3-7(13)4-6/h1-5,13H,(H2,11,14). The molecular weight excluding hydrogens is 212 g/mol. The van der Waals surface area contributed by atoms with E-state index in [1.54, 1.807) is 23.6 Å². The molecule has 3 N–H and O–H groups in total. The molecule has 0 unspecified atom stereocenters. The van der Waals surface area contributed by atoms with Crippen molar-refractivity contribution in [2.45, 2.75) is 0 Å². The average molecular weight is 220 g/mol. The smallest absolute Gasteiger partial charge is 0.268 e. The highest BCUT2D eigenvalue weighted by Crippen LogP contribution is 2.26. The summed E-state index contributed by atoms with van der Waals surface area (Å²) >= 11 is 1.32. The minimum Gasteiger partial charge on any atom is -0.508 e. The molecule has 0 aliphatic heterocycles. The van der Waals surface area contributed by atoms with Gasteiger partial charge in [-0.05, 0) is 12.1 Å². The van der Waals surface area contributed by atoms with E-state index in [0.29, 0.717) is 5.01 Å². The van der Waals surface area contributed by atoms with Crippen LogP contribution in [0.5, 0.6) is 5.75 Å². The third kappa shape index (κ3) is 1.97. The Morgan fingerprint density at radius 2 is 2.27 bits per heavy atom. The number of benzene rings is 1. The second-order valence-corrected chi connectivity index (χ2v) is 3.81. The quantitative estimate of drug-likeness (QED) is 0.807. The Kier molecular flexibility index (Phi) is 2.39. The molecule has 1 heterocycles. The van der Waals surface area contributed by atoms with Crippen LogP contribution in [0.25, 0.3) is 10.6 Å². The van der Waals surface area contributed by atoms with E-state index >= 15 is 0 Å². The second-order valence-electron chi connectivity index (χ2n) is 2.95. The van der Waals surface area contributed by atoms with Gasteiger partial charge in [-0.15, -0.1) is 11.3 Å². The molecule has 2 aromatic rings. The van der Waals surface area contributed by atoms with Gasteiger partial charge in [0, 0.05) is 10.9 Å². The molecule has 5 heteroatoms. The number of amides is 1. The zero-order valence-corrected chi connectivity index (χ0v) is 8.49. The Bertz CT molecular complexity index is 508. The number of rotatable bonds is 2. The van der Waals surface area contributed by atoms with Crippen molar-refractivity contribution in [2.75, 3.05) is 0 Å². The number of nitrogens with zero attached hydrogens (tertiary/aromatic N) is 1. The van der Waals surface area contributed by atoms with Crippen LogP contribution in [-0.4, -0.2) is 16.0 Å². The van der Waals surface area contributed by atoms with E-state index < -0.39 is 5.91 Å². The summed E-state index contributed by atoms with van der Waals surface area (Å²) in [7, 11) is 0. The maximum absolute atomic E-state index is 10.8. The van der Waals surface area contributed by atoms with Gasteiger partial charge >= 0.3 is 0 Å². The molecule has 0 bridgehead atoms. The fourth-order valence-electron chi connectivity index (χ4n) is 1.16. The molecule has 76 valence electrons. The van der Waals surface area contributed by atoms with Crippen molar-refractivity contribution >= 4 is 17.2 Å². The Morgan fingerprint density at radius 1 is 1.47 bits per heavy atom. The summed E-state index contributed by atoms with van der Waals surface area (Å²) in [5.41, 5.74) is 6.11. The fraction of sp³-hybridized carbons (Fsp3) is 0. The molecular formula is C10H8N2O2S. The normalized spacial score (nSPS) is 10.1. The van der Waals surface area contributed by atoms with Gasteiger partial charge in [-0.2, -0.15) is 0 Å². The van der Waals surface area contributed by atoms with Crippen molar-refractivity contribution in [2.24, 2.45) is 5.73 Å². The highest BCUT2D eigenvalue weighted by atomic mass is 32.1. The van der Waals surface area contributed by atoms with Crippen LogP contribution in [0.15, 0.2) is 29.6 Å². The molecule has 1 aromatic carbocycles. The Labute approximate surface area is 90.0 Å². The maximum Gasteiger partial charge on any atom is 0.268 e. The van der Waals surface area contributed by atoms with Gasteiger partial charge in [0.25, 0.3) is 5.91 Å². The lowest BCUT2D eigenvalue weighted by Gasteiger charge is -1.96. The highest BCUT2D eigenvalue weighted by Gasteiger charge is 2.08. The third-order valence-corrected chi connectivity index (χ3v) is 2.74. The molecule has 15 heavy (non-hydrogen) atoms. The predicted octanol–water partition coefficient (Wildman–Crippen LogP) is 1.61. The lowest BCUT2D eigenvalue weighted by atomic mass is 10.2. The van der Waals surface area contributed by atoms with Crippen molar-refractivity contribution in [1.29, 1.82) is 0 Å². The van der Waals surface area contributed by atoms with Crippen LogP contribution in [0.4, 0.5) is 0 Å². The van der Waals surface area contributed by atoms with E-state index in [9.17, 15) is 9.90 Å². The number of hydrogen-bond donors (Lipinski definition) is 2. The summed E-state index contributed by atoms with van der Waals surface area (Å²) in [6.07, 6.45) is 0.